The number of hydrogen-bond acceptors (Lipinski definition) is 9. The second-order valence-electron chi connectivity index (χ2n) is 7.48. The number of benzene rings is 1. The summed E-state index contributed by atoms with van der Waals surface area (Å²) < 4.78 is 11.6. The fourth-order valence-corrected chi connectivity index (χ4v) is 5.07. The van der Waals surface area contributed by atoms with Crippen molar-refractivity contribution in [1.82, 2.24) is 15.2 Å². The average molecular weight is 480 g/mol. The number of hydrogen-bond donors (Lipinski definition) is 1. The summed E-state index contributed by atoms with van der Waals surface area (Å²) in [5.74, 6) is 1.63. The van der Waals surface area contributed by atoms with Crippen LogP contribution < -0.4 is 5.32 Å². The van der Waals surface area contributed by atoms with E-state index in [1.54, 1.807) is 12.5 Å². The van der Waals surface area contributed by atoms with E-state index in [1.165, 1.54) is 33.7 Å². The lowest BCUT2D eigenvalue weighted by molar-refractivity contribution is -0.130. The van der Waals surface area contributed by atoms with Crippen LogP contribution >= 0.6 is 23.1 Å². The van der Waals surface area contributed by atoms with Crippen molar-refractivity contribution in [3.63, 3.8) is 0 Å². The zero-order valence-corrected chi connectivity index (χ0v) is 19.4. The van der Waals surface area contributed by atoms with Crippen LogP contribution in [0.2, 0.25) is 0 Å². The van der Waals surface area contributed by atoms with Gasteiger partial charge in [0, 0.05) is 6.42 Å². The van der Waals surface area contributed by atoms with Crippen LogP contribution in [0.3, 0.4) is 0 Å². The molecule has 4 heterocycles. The number of anilines is 1. The average Bonchev–Trinajstić information content (AvgIpc) is 3.62. The van der Waals surface area contributed by atoms with Crippen LogP contribution in [-0.4, -0.2) is 32.6 Å². The number of aromatic nitrogens is 2. The third-order valence-electron chi connectivity index (χ3n) is 5.14. The highest BCUT2D eigenvalue weighted by atomic mass is 32.2. The topological polar surface area (TPSA) is 96.8 Å². The van der Waals surface area contributed by atoms with Crippen LogP contribution in [0.15, 0.2) is 79.3 Å². The quantitative estimate of drug-likeness (QED) is 0.351. The number of nitrogens with zero attached hydrogens (tertiary/aromatic N) is 4. The Balaban J connectivity index is 1.25. The Morgan fingerprint density at radius 3 is 2.73 bits per heavy atom. The lowest BCUT2D eigenvalue weighted by Crippen LogP contribution is -2.28. The van der Waals surface area contributed by atoms with E-state index in [0.29, 0.717) is 22.4 Å². The molecule has 1 aromatic carbocycles. The smallest absolute Gasteiger partial charge is 0.253 e. The van der Waals surface area contributed by atoms with E-state index in [9.17, 15) is 4.79 Å². The summed E-state index contributed by atoms with van der Waals surface area (Å²) in [5, 5.41) is 18.4. The lowest BCUT2D eigenvalue weighted by Gasteiger charge is -2.19. The van der Waals surface area contributed by atoms with Crippen LogP contribution in [-0.2, 0) is 11.3 Å². The van der Waals surface area contributed by atoms with E-state index in [4.69, 9.17) is 8.83 Å². The summed E-state index contributed by atoms with van der Waals surface area (Å²) >= 11 is 2.75. The van der Waals surface area contributed by atoms with Crippen LogP contribution in [0.25, 0.3) is 0 Å². The molecule has 10 heteroatoms. The molecule has 1 unspecified atom stereocenters. The number of hydrazone groups is 1. The number of thioether (sulfide) groups is 1. The number of carbonyl (C=O) groups is 1. The van der Waals surface area contributed by atoms with Gasteiger partial charge in [0.15, 0.2) is 4.34 Å². The summed E-state index contributed by atoms with van der Waals surface area (Å²) in [4.78, 5) is 13.1. The van der Waals surface area contributed by atoms with E-state index in [1.807, 2.05) is 55.5 Å². The minimum atomic E-state index is -0.260. The maximum absolute atomic E-state index is 13.1. The van der Waals surface area contributed by atoms with Crippen molar-refractivity contribution in [2.24, 2.45) is 5.10 Å². The van der Waals surface area contributed by atoms with Crippen LogP contribution in [0.4, 0.5) is 5.13 Å². The number of rotatable bonds is 8. The van der Waals surface area contributed by atoms with Gasteiger partial charge in [0.25, 0.3) is 5.91 Å². The fraction of sp³-hybridized carbons (Fsp3) is 0.217. The minimum Gasteiger partial charge on any atom is -0.467 e. The Kier molecular flexibility index (Phi) is 6.27. The van der Waals surface area contributed by atoms with Gasteiger partial charge in [-0.1, -0.05) is 52.9 Å². The van der Waals surface area contributed by atoms with Gasteiger partial charge in [0.1, 0.15) is 17.6 Å². The standard InChI is InChI=1S/C23H21N5O3S2/c1-15-6-8-16(9-7-15)18-12-19(20-5-3-11-31-20)28(27-18)21(29)14-32-23-26-25-22(33-23)24-13-17-4-2-10-30-17/h2-11,19H,12-14H2,1H3,(H,24,25). The first-order valence-electron chi connectivity index (χ1n) is 10.4. The normalized spacial score (nSPS) is 15.6. The number of furan rings is 2. The van der Waals surface area contributed by atoms with Crippen molar-refractivity contribution >= 4 is 39.8 Å². The van der Waals surface area contributed by atoms with Gasteiger partial charge in [-0.3, -0.25) is 4.79 Å². The monoisotopic (exact) mass is 479 g/mol. The Hall–Kier alpha value is -3.37. The largest absolute Gasteiger partial charge is 0.467 e. The molecular weight excluding hydrogens is 458 g/mol. The maximum Gasteiger partial charge on any atom is 0.253 e. The molecule has 0 aliphatic carbocycles. The number of amides is 1. The lowest BCUT2D eigenvalue weighted by atomic mass is 10.0. The van der Waals surface area contributed by atoms with E-state index in [2.05, 4.69) is 20.6 Å². The summed E-state index contributed by atoms with van der Waals surface area (Å²) in [5.41, 5.74) is 3.06. The molecule has 0 fully saturated rings. The molecule has 0 radical (unpaired) electrons. The van der Waals surface area contributed by atoms with E-state index >= 15 is 0 Å². The highest BCUT2D eigenvalue weighted by Gasteiger charge is 2.34. The maximum atomic E-state index is 13.1. The molecule has 1 atom stereocenters. The summed E-state index contributed by atoms with van der Waals surface area (Å²) in [6, 6.07) is 15.3. The molecule has 1 aliphatic rings. The third kappa shape index (κ3) is 5.01. The first kappa shape index (κ1) is 21.5. The molecule has 0 saturated carbocycles. The van der Waals surface area contributed by atoms with Gasteiger partial charge in [-0.25, -0.2) is 5.01 Å². The number of carbonyl (C=O) groups excluding carboxylic acids is 1. The van der Waals surface area contributed by atoms with E-state index < -0.39 is 0 Å². The summed E-state index contributed by atoms with van der Waals surface area (Å²) in [6.07, 6.45) is 3.85. The van der Waals surface area contributed by atoms with E-state index in [0.717, 1.165) is 22.8 Å². The Labute approximate surface area is 198 Å². The molecule has 1 N–H and O–H groups in total. The molecule has 168 valence electrons. The molecule has 5 rings (SSSR count). The first-order chi connectivity index (χ1) is 16.2. The summed E-state index contributed by atoms with van der Waals surface area (Å²) in [6.45, 7) is 2.57. The second kappa shape index (κ2) is 9.63. The second-order valence-corrected chi connectivity index (χ2v) is 9.68. The number of aryl methyl sites for hydroxylation is 1. The van der Waals surface area contributed by atoms with Crippen molar-refractivity contribution in [2.45, 2.75) is 30.3 Å². The van der Waals surface area contributed by atoms with Crippen molar-refractivity contribution in [3.8, 4) is 0 Å². The zero-order valence-electron chi connectivity index (χ0n) is 17.8. The number of nitrogens with one attached hydrogen (secondary N) is 1. The molecule has 0 spiro atoms. The Morgan fingerprint density at radius 2 is 1.97 bits per heavy atom. The molecule has 3 aromatic heterocycles. The van der Waals surface area contributed by atoms with Crippen molar-refractivity contribution in [1.29, 1.82) is 0 Å². The highest BCUT2D eigenvalue weighted by molar-refractivity contribution is 8.01. The van der Waals surface area contributed by atoms with Crippen molar-refractivity contribution in [2.75, 3.05) is 11.1 Å². The van der Waals surface area contributed by atoms with E-state index in [-0.39, 0.29) is 17.7 Å². The van der Waals surface area contributed by atoms with Gasteiger partial charge in [-0.2, -0.15) is 5.10 Å². The van der Waals surface area contributed by atoms with Gasteiger partial charge in [-0.15, -0.1) is 10.2 Å². The predicted octanol–water partition coefficient (Wildman–Crippen LogP) is 5.11. The van der Waals surface area contributed by atoms with Crippen molar-refractivity contribution < 1.29 is 13.6 Å². The molecule has 8 nitrogen and oxygen atoms in total. The van der Waals surface area contributed by atoms with Crippen LogP contribution in [0, 0.1) is 6.92 Å². The molecule has 0 saturated heterocycles. The Bertz CT molecular complexity index is 1230. The van der Waals surface area contributed by atoms with Gasteiger partial charge >= 0.3 is 0 Å². The van der Waals surface area contributed by atoms with Gasteiger partial charge in [0.2, 0.25) is 5.13 Å². The molecule has 1 amide bonds. The minimum absolute atomic E-state index is 0.108. The zero-order chi connectivity index (χ0) is 22.6. The van der Waals surface area contributed by atoms with Crippen LogP contribution in [0.1, 0.15) is 35.1 Å². The van der Waals surface area contributed by atoms with Crippen LogP contribution in [0.5, 0.6) is 0 Å². The molecular formula is C23H21N5O3S2. The third-order valence-corrected chi connectivity index (χ3v) is 7.14. The van der Waals surface area contributed by atoms with Gasteiger partial charge in [-0.05, 0) is 36.8 Å². The molecule has 0 bridgehead atoms. The Morgan fingerprint density at radius 1 is 1.15 bits per heavy atom. The molecule has 1 aliphatic heterocycles. The molecule has 33 heavy (non-hydrogen) atoms. The summed E-state index contributed by atoms with van der Waals surface area (Å²) in [7, 11) is 0. The van der Waals surface area contributed by atoms with Gasteiger partial charge in [0.05, 0.1) is 30.5 Å². The highest BCUT2D eigenvalue weighted by Crippen LogP contribution is 2.34. The SMILES string of the molecule is Cc1ccc(C2=NN(C(=O)CSc3nnc(NCc4ccco4)s3)C(c3ccco3)C2)cc1. The predicted molar refractivity (Wildman–Crippen MR) is 127 cm³/mol. The fourth-order valence-electron chi connectivity index (χ4n) is 3.47. The molecule has 4 aromatic rings. The van der Waals surface area contributed by atoms with Gasteiger partial charge < -0.3 is 14.2 Å². The van der Waals surface area contributed by atoms with Crippen molar-refractivity contribution in [3.05, 3.63) is 83.7 Å². The first-order valence-corrected chi connectivity index (χ1v) is 12.2.